The Hall–Kier alpha value is -0.140. The number of aliphatic hydroxyl groups excluding tert-OH is 1. The van der Waals surface area contributed by atoms with Crippen molar-refractivity contribution in [2.45, 2.75) is 45.8 Å². The first kappa shape index (κ1) is 21.2. The van der Waals surface area contributed by atoms with Gasteiger partial charge in [-0.15, -0.1) is 0 Å². The van der Waals surface area contributed by atoms with E-state index in [0.29, 0.717) is 19.5 Å². The Morgan fingerprint density at radius 2 is 2.00 bits per heavy atom. The Kier molecular flexibility index (Phi) is 14.3. The molecule has 3 N–H and O–H groups in total. The molecule has 0 aromatic heterocycles. The maximum atomic E-state index is 11.4. The fraction of sp³-hybridized carbons (Fsp3) is 0.833. The van der Waals surface area contributed by atoms with E-state index in [4.69, 9.17) is 5.11 Å². The van der Waals surface area contributed by atoms with Crippen LogP contribution in [0.3, 0.4) is 0 Å². The Morgan fingerprint density at radius 1 is 1.37 bits per heavy atom. The van der Waals surface area contributed by atoms with E-state index in [0.717, 1.165) is 19.3 Å². The summed E-state index contributed by atoms with van der Waals surface area (Å²) in [7, 11) is 0. The average molecular weight is 284 g/mol. The number of aliphatic hydroxyl groups is 1. The zero-order chi connectivity index (χ0) is 14.0. The van der Waals surface area contributed by atoms with Crippen molar-refractivity contribution < 1.29 is 50.8 Å². The van der Waals surface area contributed by atoms with Crippen LogP contribution in [-0.2, 0) is 9.59 Å². The van der Waals surface area contributed by atoms with Crippen molar-refractivity contribution in [3.63, 3.8) is 0 Å². The molecule has 1 atom stereocenters. The largest absolute Gasteiger partial charge is 1.00 e. The summed E-state index contributed by atoms with van der Waals surface area (Å²) in [6, 6.07) is 0. The van der Waals surface area contributed by atoms with Crippen molar-refractivity contribution in [2.24, 2.45) is 0 Å². The van der Waals surface area contributed by atoms with Gasteiger partial charge in [-0.3, -0.25) is 14.5 Å². The average Bonchev–Trinajstić information content (AvgIpc) is 2.27. The van der Waals surface area contributed by atoms with Crippen LogP contribution in [0.25, 0.3) is 0 Å². The first-order valence-corrected chi connectivity index (χ1v) is 6.38. The van der Waals surface area contributed by atoms with E-state index in [1.165, 1.54) is 11.8 Å². The summed E-state index contributed by atoms with van der Waals surface area (Å²) in [5, 5.41) is 20.7. The van der Waals surface area contributed by atoms with Crippen molar-refractivity contribution >= 4 is 11.9 Å². The Balaban J connectivity index is -0.00000144. The number of hydrogen-bond acceptors (Lipinski definition) is 4. The molecule has 0 bridgehead atoms. The number of nitrogens with zero attached hydrogens (tertiary/aromatic N) is 1. The van der Waals surface area contributed by atoms with E-state index >= 15 is 0 Å². The quantitative estimate of drug-likeness (QED) is 0.235. The van der Waals surface area contributed by atoms with Gasteiger partial charge in [-0.2, -0.15) is 0 Å². The molecule has 1 unspecified atom stereocenters. The third kappa shape index (κ3) is 12.6. The minimum atomic E-state index is -0.995. The monoisotopic (exact) mass is 284 g/mol. The molecule has 6 nitrogen and oxygen atoms in total. The van der Waals surface area contributed by atoms with Crippen molar-refractivity contribution in [1.82, 2.24) is 10.2 Å². The van der Waals surface area contributed by atoms with Crippen LogP contribution in [0.5, 0.6) is 0 Å². The number of aliphatic carboxylic acids is 1. The van der Waals surface area contributed by atoms with Crippen LogP contribution in [-0.4, -0.2) is 52.9 Å². The summed E-state index contributed by atoms with van der Waals surface area (Å²) in [5.74, 6) is -1.02. The van der Waals surface area contributed by atoms with E-state index in [1.54, 1.807) is 0 Å². The summed E-state index contributed by atoms with van der Waals surface area (Å²) in [4.78, 5) is 23.3. The molecular weight excluding hydrogens is 259 g/mol. The maximum Gasteiger partial charge on any atom is 1.00 e. The van der Waals surface area contributed by atoms with E-state index < -0.39 is 12.2 Å². The molecule has 0 aliphatic heterocycles. The van der Waals surface area contributed by atoms with Crippen LogP contribution in [0.2, 0.25) is 0 Å². The first-order valence-electron chi connectivity index (χ1n) is 6.38. The molecule has 0 heterocycles. The SMILES string of the molecule is CCCCCC(=O)NCCN(CC(=O)O)C(C)O.[H-].[Na+]. The predicted octanol–water partition coefficient (Wildman–Crippen LogP) is -2.48. The Morgan fingerprint density at radius 3 is 2.47 bits per heavy atom. The van der Waals surface area contributed by atoms with Gasteiger partial charge in [0.25, 0.3) is 0 Å². The van der Waals surface area contributed by atoms with E-state index in [2.05, 4.69) is 12.2 Å². The molecule has 0 radical (unpaired) electrons. The minimum absolute atomic E-state index is 0. The molecule has 0 aliphatic carbocycles. The summed E-state index contributed by atoms with van der Waals surface area (Å²) >= 11 is 0. The van der Waals surface area contributed by atoms with Crippen molar-refractivity contribution in [1.29, 1.82) is 0 Å². The fourth-order valence-corrected chi connectivity index (χ4v) is 1.53. The number of carbonyl (C=O) groups excluding carboxylic acids is 1. The number of unbranched alkanes of at least 4 members (excludes halogenated alkanes) is 2. The molecule has 0 saturated heterocycles. The normalized spacial score (nSPS) is 11.8. The summed E-state index contributed by atoms with van der Waals surface area (Å²) < 4.78 is 0. The predicted molar refractivity (Wildman–Crippen MR) is 69.2 cm³/mol. The molecule has 0 saturated carbocycles. The van der Waals surface area contributed by atoms with Gasteiger partial charge in [0.2, 0.25) is 5.91 Å². The zero-order valence-corrected chi connectivity index (χ0v) is 14.2. The number of rotatable bonds is 10. The van der Waals surface area contributed by atoms with Gasteiger partial charge in [0.15, 0.2) is 0 Å². The van der Waals surface area contributed by atoms with Gasteiger partial charge in [0.05, 0.1) is 6.54 Å². The van der Waals surface area contributed by atoms with Gasteiger partial charge in [0, 0.05) is 19.5 Å². The molecule has 0 rings (SSSR count). The van der Waals surface area contributed by atoms with Gasteiger partial charge in [-0.05, 0) is 13.3 Å². The minimum Gasteiger partial charge on any atom is -1.00 e. The van der Waals surface area contributed by atoms with Crippen LogP contribution in [0.1, 0.15) is 41.0 Å². The maximum absolute atomic E-state index is 11.4. The Labute approximate surface area is 138 Å². The third-order valence-corrected chi connectivity index (χ3v) is 2.60. The second-order valence-electron chi connectivity index (χ2n) is 4.30. The van der Waals surface area contributed by atoms with E-state index in [9.17, 15) is 14.7 Å². The number of carboxylic acid groups (broad SMARTS) is 1. The van der Waals surface area contributed by atoms with Gasteiger partial charge in [-0.25, -0.2) is 0 Å². The second-order valence-corrected chi connectivity index (χ2v) is 4.30. The topological polar surface area (TPSA) is 89.9 Å². The summed E-state index contributed by atoms with van der Waals surface area (Å²) in [6.07, 6.45) is 2.64. The molecule has 19 heavy (non-hydrogen) atoms. The standard InChI is InChI=1S/C12H24N2O4.Na.H/c1-3-4-5-6-11(16)13-7-8-14(10(2)15)9-12(17)18;;/h10,15H,3-9H2,1-2H3,(H,13,16)(H,17,18);;/q;+1;-1. The number of hydrogen-bond donors (Lipinski definition) is 3. The van der Waals surface area contributed by atoms with Gasteiger partial charge < -0.3 is 17.0 Å². The van der Waals surface area contributed by atoms with Gasteiger partial charge in [-0.1, -0.05) is 19.8 Å². The van der Waals surface area contributed by atoms with Crippen molar-refractivity contribution in [3.05, 3.63) is 0 Å². The molecule has 0 aromatic carbocycles. The fourth-order valence-electron chi connectivity index (χ4n) is 1.53. The second kappa shape index (κ2) is 12.9. The summed E-state index contributed by atoms with van der Waals surface area (Å²) in [6.45, 7) is 4.02. The zero-order valence-electron chi connectivity index (χ0n) is 13.2. The molecule has 0 aromatic rings. The molecular formula is C12H25N2NaO4. The molecule has 0 aliphatic rings. The molecule has 7 heteroatoms. The van der Waals surface area contributed by atoms with Crippen LogP contribution in [0.4, 0.5) is 0 Å². The molecule has 108 valence electrons. The molecule has 1 amide bonds. The third-order valence-electron chi connectivity index (χ3n) is 2.60. The van der Waals surface area contributed by atoms with Crippen molar-refractivity contribution in [3.8, 4) is 0 Å². The smallest absolute Gasteiger partial charge is 1.00 e. The molecule has 0 fully saturated rings. The number of amides is 1. The summed E-state index contributed by atoms with van der Waals surface area (Å²) in [5.41, 5.74) is 0. The van der Waals surface area contributed by atoms with E-state index in [-0.39, 0.29) is 43.4 Å². The van der Waals surface area contributed by atoms with Crippen LogP contribution in [0.15, 0.2) is 0 Å². The van der Waals surface area contributed by atoms with Crippen molar-refractivity contribution in [2.75, 3.05) is 19.6 Å². The van der Waals surface area contributed by atoms with E-state index in [1.807, 2.05) is 0 Å². The Bertz CT molecular complexity index is 268. The van der Waals surface area contributed by atoms with Crippen LogP contribution >= 0.6 is 0 Å². The van der Waals surface area contributed by atoms with Gasteiger partial charge in [0.1, 0.15) is 6.23 Å². The number of carbonyl (C=O) groups is 2. The molecule has 0 spiro atoms. The number of nitrogens with one attached hydrogen (secondary N) is 1. The first-order chi connectivity index (χ1) is 8.47. The van der Waals surface area contributed by atoms with Crippen LogP contribution in [0, 0.1) is 0 Å². The number of carboxylic acids is 1. The van der Waals surface area contributed by atoms with Gasteiger partial charge >= 0.3 is 35.5 Å². The van der Waals surface area contributed by atoms with Crippen LogP contribution < -0.4 is 34.9 Å².